The second-order valence-electron chi connectivity index (χ2n) is 8.60. The molecule has 4 heterocycles. The first-order valence-corrected chi connectivity index (χ1v) is 10.8. The van der Waals surface area contributed by atoms with Crippen LogP contribution in [-0.4, -0.2) is 62.6 Å². The number of nitrogens with one attached hydrogen (secondary N) is 1. The lowest BCUT2D eigenvalue weighted by atomic mass is 9.93. The second-order valence-corrected chi connectivity index (χ2v) is 8.60. The molecule has 1 amide bonds. The number of carbonyl (C=O) groups excluding carboxylic acids is 1. The minimum atomic E-state index is -4.93. The summed E-state index contributed by atoms with van der Waals surface area (Å²) < 4.78 is 107. The standard InChI is InChI=1S/C22H17F8N5O3/c1-2-14(21(25,26)27)32-19(37)12-7-35(18-13(24)5-10(23)6-31-18)17-11(16(12)36)3-4-15(33-17)34-8-20(38,9-34)22(28,29)30/h3-7,14,38H,2,8-9H2,1H3,(H,32,37)/t14-/m0/s1. The average molecular weight is 551 g/mol. The maximum Gasteiger partial charge on any atom is 0.420 e. The van der Waals surface area contributed by atoms with Crippen LogP contribution in [0.4, 0.5) is 40.9 Å². The number of aliphatic hydroxyl groups is 1. The molecular weight excluding hydrogens is 534 g/mol. The summed E-state index contributed by atoms with van der Waals surface area (Å²) in [5.41, 5.74) is -5.41. The van der Waals surface area contributed by atoms with Gasteiger partial charge in [0.2, 0.25) is 5.43 Å². The molecule has 1 aliphatic heterocycles. The molecule has 3 aromatic rings. The van der Waals surface area contributed by atoms with Gasteiger partial charge >= 0.3 is 12.4 Å². The molecular formula is C22H17F8N5O3. The number of hydrogen-bond acceptors (Lipinski definition) is 6. The van der Waals surface area contributed by atoms with Crippen LogP contribution in [0.15, 0.2) is 35.4 Å². The van der Waals surface area contributed by atoms with Crippen LogP contribution in [0, 0.1) is 11.6 Å². The van der Waals surface area contributed by atoms with E-state index < -0.39 is 88.9 Å². The number of rotatable bonds is 5. The van der Waals surface area contributed by atoms with Crippen molar-refractivity contribution in [3.8, 4) is 5.82 Å². The van der Waals surface area contributed by atoms with Gasteiger partial charge in [-0.3, -0.25) is 14.2 Å². The molecule has 1 saturated heterocycles. The lowest BCUT2D eigenvalue weighted by Gasteiger charge is -2.47. The number of β-amino-alcohol motifs (C(OH)–C–C–N with tert-alkyl or cyclic N) is 1. The van der Waals surface area contributed by atoms with Crippen LogP contribution in [0.25, 0.3) is 16.9 Å². The Morgan fingerprint density at radius 1 is 1.18 bits per heavy atom. The molecule has 16 heteroatoms. The van der Waals surface area contributed by atoms with Crippen molar-refractivity contribution in [3.63, 3.8) is 0 Å². The fourth-order valence-corrected chi connectivity index (χ4v) is 3.85. The van der Waals surface area contributed by atoms with Crippen molar-refractivity contribution >= 4 is 22.8 Å². The smallest absolute Gasteiger partial charge is 0.378 e. The third-order valence-corrected chi connectivity index (χ3v) is 5.96. The Labute approximate surface area is 207 Å². The molecule has 204 valence electrons. The van der Waals surface area contributed by atoms with Crippen LogP contribution in [0.2, 0.25) is 0 Å². The molecule has 0 bridgehead atoms. The highest BCUT2D eigenvalue weighted by atomic mass is 19.4. The summed E-state index contributed by atoms with van der Waals surface area (Å²) in [5.74, 6) is -4.72. The zero-order valence-corrected chi connectivity index (χ0v) is 19.2. The van der Waals surface area contributed by atoms with Gasteiger partial charge in [0, 0.05) is 12.3 Å². The molecule has 38 heavy (non-hydrogen) atoms. The number of alkyl halides is 6. The molecule has 1 fully saturated rings. The van der Waals surface area contributed by atoms with E-state index in [1.54, 1.807) is 5.32 Å². The van der Waals surface area contributed by atoms with Crippen molar-refractivity contribution in [3.05, 3.63) is 58.0 Å². The number of nitrogens with zero attached hydrogens (tertiary/aromatic N) is 4. The van der Waals surface area contributed by atoms with E-state index in [4.69, 9.17) is 0 Å². The molecule has 2 N–H and O–H groups in total. The SMILES string of the molecule is CC[C@H](NC(=O)c1cn(-c2ncc(F)cc2F)c2nc(N3CC(O)(C(F)(F)F)C3)ccc2c1=O)C(F)(F)F. The van der Waals surface area contributed by atoms with Gasteiger partial charge in [0.05, 0.1) is 24.7 Å². The summed E-state index contributed by atoms with van der Waals surface area (Å²) >= 11 is 0. The first-order valence-electron chi connectivity index (χ1n) is 10.8. The molecule has 0 spiro atoms. The Morgan fingerprint density at radius 3 is 2.39 bits per heavy atom. The Hall–Kier alpha value is -3.82. The van der Waals surface area contributed by atoms with Crippen LogP contribution >= 0.6 is 0 Å². The summed E-state index contributed by atoms with van der Waals surface area (Å²) in [7, 11) is 0. The zero-order chi connectivity index (χ0) is 28.2. The van der Waals surface area contributed by atoms with Gasteiger partial charge in [-0.15, -0.1) is 0 Å². The molecule has 0 aliphatic carbocycles. The van der Waals surface area contributed by atoms with Crippen LogP contribution < -0.4 is 15.6 Å². The molecule has 0 saturated carbocycles. The number of amides is 1. The average Bonchev–Trinajstić information content (AvgIpc) is 2.79. The number of halogens is 8. The third-order valence-electron chi connectivity index (χ3n) is 5.96. The minimum absolute atomic E-state index is 0.178. The van der Waals surface area contributed by atoms with Gasteiger partial charge in [0.1, 0.15) is 23.2 Å². The summed E-state index contributed by atoms with van der Waals surface area (Å²) in [6.45, 7) is -0.659. The number of aromatic nitrogens is 3. The maximum absolute atomic E-state index is 14.6. The van der Waals surface area contributed by atoms with E-state index in [9.17, 15) is 49.8 Å². The van der Waals surface area contributed by atoms with Gasteiger partial charge in [-0.25, -0.2) is 18.7 Å². The van der Waals surface area contributed by atoms with E-state index in [0.29, 0.717) is 23.0 Å². The minimum Gasteiger partial charge on any atom is -0.378 e. The molecule has 1 aliphatic rings. The van der Waals surface area contributed by atoms with E-state index >= 15 is 0 Å². The Balaban J connectivity index is 1.86. The number of carbonyl (C=O) groups is 1. The van der Waals surface area contributed by atoms with Crippen molar-refractivity contribution in [1.29, 1.82) is 0 Å². The maximum atomic E-state index is 14.6. The lowest BCUT2D eigenvalue weighted by Crippen LogP contribution is -2.69. The molecule has 3 aromatic heterocycles. The largest absolute Gasteiger partial charge is 0.420 e. The fourth-order valence-electron chi connectivity index (χ4n) is 3.85. The molecule has 0 radical (unpaired) electrons. The Bertz CT molecular complexity index is 1460. The number of hydrogen-bond donors (Lipinski definition) is 2. The van der Waals surface area contributed by atoms with E-state index in [-0.39, 0.29) is 5.82 Å². The van der Waals surface area contributed by atoms with Crippen LogP contribution in [0.3, 0.4) is 0 Å². The fraction of sp³-hybridized carbons (Fsp3) is 0.364. The monoisotopic (exact) mass is 551 g/mol. The van der Waals surface area contributed by atoms with Crippen molar-refractivity contribution in [2.45, 2.75) is 37.3 Å². The van der Waals surface area contributed by atoms with Crippen LogP contribution in [0.1, 0.15) is 23.7 Å². The first kappa shape index (κ1) is 27.2. The van der Waals surface area contributed by atoms with Crippen LogP contribution in [0.5, 0.6) is 0 Å². The highest BCUT2D eigenvalue weighted by Crippen LogP contribution is 2.39. The molecule has 0 unspecified atom stereocenters. The second kappa shape index (κ2) is 9.18. The van der Waals surface area contributed by atoms with E-state index in [1.807, 2.05) is 0 Å². The van der Waals surface area contributed by atoms with E-state index in [2.05, 4.69) is 9.97 Å². The van der Waals surface area contributed by atoms with Gasteiger partial charge in [-0.05, 0) is 18.6 Å². The quantitative estimate of drug-likeness (QED) is 0.473. The topological polar surface area (TPSA) is 100 Å². The predicted molar refractivity (Wildman–Crippen MR) is 116 cm³/mol. The highest BCUT2D eigenvalue weighted by molar-refractivity contribution is 5.97. The van der Waals surface area contributed by atoms with Gasteiger partial charge < -0.3 is 15.3 Å². The Morgan fingerprint density at radius 2 is 1.84 bits per heavy atom. The van der Waals surface area contributed by atoms with Gasteiger partial charge in [0.25, 0.3) is 5.91 Å². The van der Waals surface area contributed by atoms with Crippen molar-refractivity contribution in [2.75, 3.05) is 18.0 Å². The lowest BCUT2D eigenvalue weighted by molar-refractivity contribution is -0.267. The van der Waals surface area contributed by atoms with Gasteiger partial charge in [0.15, 0.2) is 22.9 Å². The van der Waals surface area contributed by atoms with Crippen molar-refractivity contribution < 1.29 is 45.0 Å². The summed E-state index contributed by atoms with van der Waals surface area (Å²) in [4.78, 5) is 34.4. The zero-order valence-electron chi connectivity index (χ0n) is 19.2. The van der Waals surface area contributed by atoms with Crippen molar-refractivity contribution in [1.82, 2.24) is 19.9 Å². The first-order chi connectivity index (χ1) is 17.6. The number of anilines is 1. The molecule has 8 nitrogen and oxygen atoms in total. The molecule has 0 aromatic carbocycles. The predicted octanol–water partition coefficient (Wildman–Crippen LogP) is 3.24. The summed E-state index contributed by atoms with van der Waals surface area (Å²) in [5, 5.41) is 11.0. The summed E-state index contributed by atoms with van der Waals surface area (Å²) in [6, 6.07) is 0.218. The van der Waals surface area contributed by atoms with Crippen molar-refractivity contribution in [2.24, 2.45) is 0 Å². The Kier molecular flexibility index (Phi) is 6.58. The molecule has 4 rings (SSSR count). The highest BCUT2D eigenvalue weighted by Gasteiger charge is 2.61. The van der Waals surface area contributed by atoms with Crippen LogP contribution in [-0.2, 0) is 0 Å². The number of pyridine rings is 3. The molecule has 1 atom stereocenters. The van der Waals surface area contributed by atoms with Gasteiger partial charge in [-0.1, -0.05) is 6.92 Å². The number of fused-ring (bicyclic) bond motifs is 1. The van der Waals surface area contributed by atoms with E-state index in [1.165, 1.54) is 0 Å². The normalized spacial score (nSPS) is 16.3. The third kappa shape index (κ3) is 4.75. The van der Waals surface area contributed by atoms with E-state index in [0.717, 1.165) is 24.0 Å². The van der Waals surface area contributed by atoms with Gasteiger partial charge in [-0.2, -0.15) is 26.3 Å². The summed E-state index contributed by atoms with van der Waals surface area (Å²) in [6.07, 6.45) is -9.08.